The van der Waals surface area contributed by atoms with E-state index in [1.54, 1.807) is 13.2 Å². The number of rotatable bonds is 3. The zero-order valence-corrected chi connectivity index (χ0v) is 5.86. The second-order valence-electron chi connectivity index (χ2n) is 1.73. The van der Waals surface area contributed by atoms with Gasteiger partial charge in [0.25, 0.3) is 0 Å². The minimum Gasteiger partial charge on any atom is -0.394 e. The van der Waals surface area contributed by atoms with E-state index in [1.165, 1.54) is 0 Å². The SMILES string of the molecule is CC/C(=C/NC)C(=N)N. The van der Waals surface area contributed by atoms with Gasteiger partial charge >= 0.3 is 0 Å². The summed E-state index contributed by atoms with van der Waals surface area (Å²) in [5.41, 5.74) is 6.05. The highest BCUT2D eigenvalue weighted by atomic mass is 14.8. The Hall–Kier alpha value is -0.990. The molecular formula is C6H13N3. The van der Waals surface area contributed by atoms with Crippen LogP contribution in [0.25, 0.3) is 0 Å². The molecule has 0 radical (unpaired) electrons. The molecule has 0 bridgehead atoms. The molecule has 0 rings (SSSR count). The van der Waals surface area contributed by atoms with Gasteiger partial charge in [-0.25, -0.2) is 0 Å². The molecule has 52 valence electrons. The van der Waals surface area contributed by atoms with Crippen molar-refractivity contribution in [3.05, 3.63) is 11.8 Å². The van der Waals surface area contributed by atoms with Crippen molar-refractivity contribution in [3.8, 4) is 0 Å². The third-order valence-corrected chi connectivity index (χ3v) is 1.05. The fourth-order valence-corrected chi connectivity index (χ4v) is 0.544. The standard InChI is InChI=1S/C6H13N3/c1-3-5(4-9-2)6(7)8/h4,9H,3H2,1-2H3,(H3,7,8)/b5-4-. The molecule has 9 heavy (non-hydrogen) atoms. The van der Waals surface area contributed by atoms with Crippen LogP contribution < -0.4 is 11.1 Å². The highest BCUT2D eigenvalue weighted by Gasteiger charge is 1.93. The normalized spacial score (nSPS) is 11.1. The van der Waals surface area contributed by atoms with E-state index in [0.717, 1.165) is 12.0 Å². The zero-order chi connectivity index (χ0) is 7.28. The molecule has 0 saturated heterocycles. The van der Waals surface area contributed by atoms with E-state index in [9.17, 15) is 0 Å². The molecule has 0 atom stereocenters. The molecule has 0 aliphatic rings. The Morgan fingerprint density at radius 3 is 2.44 bits per heavy atom. The monoisotopic (exact) mass is 127 g/mol. The van der Waals surface area contributed by atoms with Crippen LogP contribution in [0.5, 0.6) is 0 Å². The van der Waals surface area contributed by atoms with E-state index in [0.29, 0.717) is 0 Å². The number of amidine groups is 1. The Kier molecular flexibility index (Phi) is 3.51. The quantitative estimate of drug-likeness (QED) is 0.380. The van der Waals surface area contributed by atoms with Crippen molar-refractivity contribution < 1.29 is 0 Å². The van der Waals surface area contributed by atoms with Crippen LogP contribution in [-0.2, 0) is 0 Å². The molecule has 0 aromatic carbocycles. The van der Waals surface area contributed by atoms with Crippen LogP contribution >= 0.6 is 0 Å². The van der Waals surface area contributed by atoms with Crippen LogP contribution in [0, 0.1) is 5.41 Å². The van der Waals surface area contributed by atoms with Gasteiger partial charge in [-0.3, -0.25) is 5.41 Å². The molecule has 0 amide bonds. The van der Waals surface area contributed by atoms with Gasteiger partial charge in [0.05, 0.1) is 0 Å². The molecular weight excluding hydrogens is 114 g/mol. The van der Waals surface area contributed by atoms with Crippen molar-refractivity contribution in [3.63, 3.8) is 0 Å². The second-order valence-corrected chi connectivity index (χ2v) is 1.73. The van der Waals surface area contributed by atoms with Gasteiger partial charge in [-0.1, -0.05) is 6.92 Å². The molecule has 0 fully saturated rings. The Bertz CT molecular complexity index is 126. The van der Waals surface area contributed by atoms with Gasteiger partial charge < -0.3 is 11.1 Å². The maximum atomic E-state index is 7.02. The third kappa shape index (κ3) is 2.74. The molecule has 0 aromatic rings. The largest absolute Gasteiger partial charge is 0.394 e. The van der Waals surface area contributed by atoms with Crippen molar-refractivity contribution in [2.75, 3.05) is 7.05 Å². The lowest BCUT2D eigenvalue weighted by Crippen LogP contribution is -2.14. The lowest BCUT2D eigenvalue weighted by atomic mass is 10.2. The van der Waals surface area contributed by atoms with E-state index in [4.69, 9.17) is 11.1 Å². The van der Waals surface area contributed by atoms with Gasteiger partial charge in [0.2, 0.25) is 0 Å². The Labute approximate surface area is 55.4 Å². The first-order valence-corrected chi connectivity index (χ1v) is 2.93. The van der Waals surface area contributed by atoms with Crippen molar-refractivity contribution in [1.29, 1.82) is 5.41 Å². The molecule has 0 aromatic heterocycles. The first-order valence-electron chi connectivity index (χ1n) is 2.93. The first-order chi connectivity index (χ1) is 4.22. The average molecular weight is 127 g/mol. The molecule has 0 unspecified atom stereocenters. The van der Waals surface area contributed by atoms with Crippen LogP contribution in [0.4, 0.5) is 0 Å². The average Bonchev–Trinajstić information content (AvgIpc) is 1.82. The maximum absolute atomic E-state index is 7.02. The van der Waals surface area contributed by atoms with Crippen molar-refractivity contribution in [1.82, 2.24) is 5.32 Å². The molecule has 0 heterocycles. The summed E-state index contributed by atoms with van der Waals surface area (Å²) >= 11 is 0. The van der Waals surface area contributed by atoms with Crippen LogP contribution in [0.3, 0.4) is 0 Å². The topological polar surface area (TPSA) is 61.9 Å². The summed E-state index contributed by atoms with van der Waals surface area (Å²) in [5.74, 6) is 0.145. The van der Waals surface area contributed by atoms with Gasteiger partial charge in [-0.15, -0.1) is 0 Å². The smallest absolute Gasteiger partial charge is 0.120 e. The summed E-state index contributed by atoms with van der Waals surface area (Å²) in [6.45, 7) is 1.96. The Morgan fingerprint density at radius 1 is 1.78 bits per heavy atom. The highest BCUT2D eigenvalue weighted by Crippen LogP contribution is 1.95. The van der Waals surface area contributed by atoms with Crippen molar-refractivity contribution in [2.24, 2.45) is 5.73 Å². The van der Waals surface area contributed by atoms with E-state index >= 15 is 0 Å². The lowest BCUT2D eigenvalue weighted by Gasteiger charge is -1.99. The van der Waals surface area contributed by atoms with Crippen LogP contribution in [0.2, 0.25) is 0 Å². The third-order valence-electron chi connectivity index (χ3n) is 1.05. The highest BCUT2D eigenvalue weighted by molar-refractivity contribution is 5.94. The van der Waals surface area contributed by atoms with Crippen molar-refractivity contribution >= 4 is 5.84 Å². The molecule has 3 nitrogen and oxygen atoms in total. The molecule has 3 heteroatoms. The van der Waals surface area contributed by atoms with Gasteiger partial charge in [0.1, 0.15) is 5.84 Å². The van der Waals surface area contributed by atoms with Crippen LogP contribution in [0.1, 0.15) is 13.3 Å². The zero-order valence-electron chi connectivity index (χ0n) is 5.86. The molecule has 0 aliphatic heterocycles. The van der Waals surface area contributed by atoms with Crippen molar-refractivity contribution in [2.45, 2.75) is 13.3 Å². The van der Waals surface area contributed by atoms with Crippen LogP contribution in [-0.4, -0.2) is 12.9 Å². The van der Waals surface area contributed by atoms with E-state index in [1.807, 2.05) is 6.92 Å². The first kappa shape index (κ1) is 8.01. The van der Waals surface area contributed by atoms with E-state index in [-0.39, 0.29) is 5.84 Å². The summed E-state index contributed by atoms with van der Waals surface area (Å²) < 4.78 is 0. The molecule has 0 spiro atoms. The van der Waals surface area contributed by atoms with Crippen LogP contribution in [0.15, 0.2) is 11.8 Å². The maximum Gasteiger partial charge on any atom is 0.120 e. The summed E-state index contributed by atoms with van der Waals surface area (Å²) in [5, 5.41) is 9.84. The van der Waals surface area contributed by atoms with Gasteiger partial charge in [0, 0.05) is 18.8 Å². The number of hydrogen-bond donors (Lipinski definition) is 3. The predicted octanol–water partition coefficient (Wildman–Crippen LogP) is 0.436. The lowest BCUT2D eigenvalue weighted by molar-refractivity contribution is 1.04. The van der Waals surface area contributed by atoms with Gasteiger partial charge in [0.15, 0.2) is 0 Å². The molecule has 0 aliphatic carbocycles. The van der Waals surface area contributed by atoms with E-state index in [2.05, 4.69) is 5.32 Å². The summed E-state index contributed by atoms with van der Waals surface area (Å²) in [6.07, 6.45) is 2.54. The Balaban J connectivity index is 3.98. The second kappa shape index (κ2) is 3.95. The minimum absolute atomic E-state index is 0.145. The fraction of sp³-hybridized carbons (Fsp3) is 0.500. The minimum atomic E-state index is 0.145. The fourth-order valence-electron chi connectivity index (χ4n) is 0.544. The predicted molar refractivity (Wildman–Crippen MR) is 39.3 cm³/mol. The number of nitrogens with one attached hydrogen (secondary N) is 2. The number of hydrogen-bond acceptors (Lipinski definition) is 2. The van der Waals surface area contributed by atoms with E-state index < -0.39 is 0 Å². The summed E-state index contributed by atoms with van der Waals surface area (Å²) in [4.78, 5) is 0. The molecule has 4 N–H and O–H groups in total. The summed E-state index contributed by atoms with van der Waals surface area (Å²) in [6, 6.07) is 0. The Morgan fingerprint density at radius 2 is 2.33 bits per heavy atom. The van der Waals surface area contributed by atoms with Gasteiger partial charge in [-0.05, 0) is 6.42 Å². The van der Waals surface area contributed by atoms with Gasteiger partial charge in [-0.2, -0.15) is 0 Å². The molecule has 0 saturated carbocycles. The number of nitrogens with two attached hydrogens (primary N) is 1. The summed E-state index contributed by atoms with van der Waals surface area (Å²) in [7, 11) is 1.79.